The highest BCUT2D eigenvalue weighted by atomic mass is 16.6. The number of rotatable bonds is 4. The zero-order valence-electron chi connectivity index (χ0n) is 16.8. The van der Waals surface area contributed by atoms with E-state index in [-0.39, 0.29) is 18.2 Å². The molecule has 0 radical (unpaired) electrons. The molecule has 1 aliphatic rings. The molecule has 0 unspecified atom stereocenters. The molecule has 0 aliphatic carbocycles. The van der Waals surface area contributed by atoms with Crippen molar-refractivity contribution in [3.63, 3.8) is 0 Å². The van der Waals surface area contributed by atoms with Gasteiger partial charge in [0.05, 0.1) is 6.04 Å². The summed E-state index contributed by atoms with van der Waals surface area (Å²) in [4.78, 5) is 28.2. The van der Waals surface area contributed by atoms with Gasteiger partial charge in [-0.2, -0.15) is 0 Å². The third kappa shape index (κ3) is 7.94. The summed E-state index contributed by atoms with van der Waals surface area (Å²) in [6.45, 7) is 15.4. The Hall–Kier alpha value is -1.50. The minimum Gasteiger partial charge on any atom is -0.444 e. The van der Waals surface area contributed by atoms with Gasteiger partial charge in [0.25, 0.3) is 0 Å². The van der Waals surface area contributed by atoms with Crippen LogP contribution in [0.4, 0.5) is 9.59 Å². The zero-order chi connectivity index (χ0) is 19.3. The summed E-state index contributed by atoms with van der Waals surface area (Å²) in [5.74, 6) is 0. The molecule has 0 spiro atoms. The fourth-order valence-corrected chi connectivity index (χ4v) is 2.52. The van der Waals surface area contributed by atoms with Crippen LogP contribution in [0.1, 0.15) is 54.9 Å². The largest absolute Gasteiger partial charge is 0.444 e. The summed E-state index contributed by atoms with van der Waals surface area (Å²) in [7, 11) is 0. The molecule has 25 heavy (non-hydrogen) atoms. The number of carbonyl (C=O) groups is 2. The molecule has 1 atom stereocenters. The van der Waals surface area contributed by atoms with Crippen molar-refractivity contribution >= 4 is 12.2 Å². The number of hydrogen-bond acceptors (Lipinski definition) is 5. The van der Waals surface area contributed by atoms with Gasteiger partial charge in [-0.3, -0.25) is 0 Å². The van der Waals surface area contributed by atoms with E-state index < -0.39 is 11.2 Å². The standard InChI is InChI=1S/C18H34N2O5/c1-8-23-12-9-14-13-19(15(21)24-17(2,3)4)10-11-20(14)16(22)25-18(5,6)7/h14H,8-13H2,1-7H3/t14-/m0/s1. The van der Waals surface area contributed by atoms with Gasteiger partial charge in [-0.15, -0.1) is 0 Å². The number of nitrogens with zero attached hydrogens (tertiary/aromatic N) is 2. The van der Waals surface area contributed by atoms with Gasteiger partial charge in [0, 0.05) is 32.8 Å². The molecule has 146 valence electrons. The summed E-state index contributed by atoms with van der Waals surface area (Å²) in [5, 5.41) is 0. The number of ether oxygens (including phenoxy) is 3. The Kier molecular flexibility index (Phi) is 7.53. The molecule has 7 heteroatoms. The number of piperazine rings is 1. The van der Waals surface area contributed by atoms with E-state index in [1.807, 2.05) is 48.5 Å². The molecule has 0 bridgehead atoms. The van der Waals surface area contributed by atoms with Crippen LogP contribution in [0.5, 0.6) is 0 Å². The monoisotopic (exact) mass is 358 g/mol. The number of hydrogen-bond donors (Lipinski definition) is 0. The fraction of sp³-hybridized carbons (Fsp3) is 0.889. The van der Waals surface area contributed by atoms with E-state index in [0.717, 1.165) is 0 Å². The Labute approximate surface area is 151 Å². The van der Waals surface area contributed by atoms with Crippen LogP contribution in [-0.4, -0.2) is 72.1 Å². The van der Waals surface area contributed by atoms with Gasteiger partial charge < -0.3 is 24.0 Å². The van der Waals surface area contributed by atoms with Crippen LogP contribution in [0.25, 0.3) is 0 Å². The number of amides is 2. The molecule has 0 N–H and O–H groups in total. The van der Waals surface area contributed by atoms with Crippen molar-refractivity contribution in [2.24, 2.45) is 0 Å². The highest BCUT2D eigenvalue weighted by molar-refractivity contribution is 5.71. The maximum Gasteiger partial charge on any atom is 0.410 e. The normalized spacial score (nSPS) is 18.9. The molecule has 1 saturated heterocycles. The summed E-state index contributed by atoms with van der Waals surface area (Å²) in [6.07, 6.45) is -0.0533. The van der Waals surface area contributed by atoms with Crippen molar-refractivity contribution in [1.82, 2.24) is 9.80 Å². The fourth-order valence-electron chi connectivity index (χ4n) is 2.52. The third-order valence-electron chi connectivity index (χ3n) is 3.56. The topological polar surface area (TPSA) is 68.3 Å². The summed E-state index contributed by atoms with van der Waals surface area (Å²) < 4.78 is 16.4. The summed E-state index contributed by atoms with van der Waals surface area (Å²) in [6, 6.07) is -0.150. The third-order valence-corrected chi connectivity index (χ3v) is 3.56. The Bertz CT molecular complexity index is 453. The quantitative estimate of drug-likeness (QED) is 0.722. The van der Waals surface area contributed by atoms with Crippen molar-refractivity contribution in [2.75, 3.05) is 32.8 Å². The van der Waals surface area contributed by atoms with Crippen LogP contribution in [0.2, 0.25) is 0 Å². The van der Waals surface area contributed by atoms with Crippen LogP contribution in [-0.2, 0) is 14.2 Å². The second kappa shape index (κ2) is 8.74. The first-order valence-electron chi connectivity index (χ1n) is 8.98. The van der Waals surface area contributed by atoms with Crippen molar-refractivity contribution < 1.29 is 23.8 Å². The molecule has 0 aromatic heterocycles. The van der Waals surface area contributed by atoms with Gasteiger partial charge in [0.15, 0.2) is 0 Å². The van der Waals surface area contributed by atoms with Gasteiger partial charge in [-0.25, -0.2) is 9.59 Å². The molecular weight excluding hydrogens is 324 g/mol. The average Bonchev–Trinajstić information content (AvgIpc) is 2.43. The van der Waals surface area contributed by atoms with Gasteiger partial charge in [0.1, 0.15) is 11.2 Å². The Morgan fingerprint density at radius 3 is 2.04 bits per heavy atom. The second-order valence-corrected chi connectivity index (χ2v) is 8.24. The van der Waals surface area contributed by atoms with E-state index in [1.54, 1.807) is 9.80 Å². The smallest absolute Gasteiger partial charge is 0.410 e. The predicted molar refractivity (Wildman–Crippen MR) is 95.6 cm³/mol. The Morgan fingerprint density at radius 2 is 1.52 bits per heavy atom. The molecule has 1 heterocycles. The summed E-state index contributed by atoms with van der Waals surface area (Å²) in [5.41, 5.74) is -1.09. The molecule has 0 aromatic carbocycles. The lowest BCUT2D eigenvalue weighted by Crippen LogP contribution is -2.58. The minimum absolute atomic E-state index is 0.150. The SMILES string of the molecule is CCOCC[C@H]1CN(C(=O)OC(C)(C)C)CCN1C(=O)OC(C)(C)C. The van der Waals surface area contributed by atoms with E-state index >= 15 is 0 Å². The minimum atomic E-state index is -0.552. The van der Waals surface area contributed by atoms with Gasteiger partial charge in [0.2, 0.25) is 0 Å². The van der Waals surface area contributed by atoms with E-state index in [4.69, 9.17) is 14.2 Å². The van der Waals surface area contributed by atoms with Crippen LogP contribution in [0.15, 0.2) is 0 Å². The van der Waals surface area contributed by atoms with E-state index in [9.17, 15) is 9.59 Å². The van der Waals surface area contributed by atoms with Gasteiger partial charge >= 0.3 is 12.2 Å². The Balaban J connectivity index is 2.77. The van der Waals surface area contributed by atoms with E-state index in [1.165, 1.54) is 0 Å². The van der Waals surface area contributed by atoms with Crippen molar-refractivity contribution in [3.8, 4) is 0 Å². The molecule has 1 rings (SSSR count). The lowest BCUT2D eigenvalue weighted by molar-refractivity contribution is -0.0196. The highest BCUT2D eigenvalue weighted by Crippen LogP contribution is 2.20. The Morgan fingerprint density at radius 1 is 0.960 bits per heavy atom. The van der Waals surface area contributed by atoms with Gasteiger partial charge in [-0.05, 0) is 54.9 Å². The van der Waals surface area contributed by atoms with Crippen molar-refractivity contribution in [2.45, 2.75) is 72.1 Å². The second-order valence-electron chi connectivity index (χ2n) is 8.24. The number of carbonyl (C=O) groups excluding carboxylic acids is 2. The molecular formula is C18H34N2O5. The van der Waals surface area contributed by atoms with E-state index in [0.29, 0.717) is 39.3 Å². The lowest BCUT2D eigenvalue weighted by Gasteiger charge is -2.41. The molecule has 2 amide bonds. The van der Waals surface area contributed by atoms with Crippen molar-refractivity contribution in [3.05, 3.63) is 0 Å². The van der Waals surface area contributed by atoms with Gasteiger partial charge in [-0.1, -0.05) is 0 Å². The molecule has 1 aliphatic heterocycles. The predicted octanol–water partition coefficient (Wildman–Crippen LogP) is 3.27. The zero-order valence-corrected chi connectivity index (χ0v) is 16.8. The summed E-state index contributed by atoms with van der Waals surface area (Å²) >= 11 is 0. The van der Waals surface area contributed by atoms with Crippen LogP contribution >= 0.6 is 0 Å². The molecule has 7 nitrogen and oxygen atoms in total. The lowest BCUT2D eigenvalue weighted by atomic mass is 10.1. The van der Waals surface area contributed by atoms with Crippen LogP contribution in [0.3, 0.4) is 0 Å². The molecule has 0 saturated carbocycles. The van der Waals surface area contributed by atoms with E-state index in [2.05, 4.69) is 0 Å². The van der Waals surface area contributed by atoms with Crippen molar-refractivity contribution in [1.29, 1.82) is 0 Å². The average molecular weight is 358 g/mol. The molecule has 1 fully saturated rings. The first-order valence-corrected chi connectivity index (χ1v) is 8.98. The maximum atomic E-state index is 12.5. The van der Waals surface area contributed by atoms with Crippen LogP contribution in [0, 0.1) is 0 Å². The molecule has 0 aromatic rings. The van der Waals surface area contributed by atoms with Crippen LogP contribution < -0.4 is 0 Å². The maximum absolute atomic E-state index is 12.5. The first-order chi connectivity index (χ1) is 11.4. The highest BCUT2D eigenvalue weighted by Gasteiger charge is 2.36. The first kappa shape index (κ1) is 21.5.